The first-order valence-corrected chi connectivity index (χ1v) is 9.73. The number of halogens is 2. The molecule has 4 aromatic rings. The zero-order chi connectivity index (χ0) is 21.3. The van der Waals surface area contributed by atoms with Crippen LogP contribution in [0, 0.1) is 6.92 Å². The third-order valence-corrected chi connectivity index (χ3v) is 5.07. The van der Waals surface area contributed by atoms with Gasteiger partial charge in [-0.3, -0.25) is 4.79 Å². The summed E-state index contributed by atoms with van der Waals surface area (Å²) in [6, 6.07) is 16.5. The summed E-state index contributed by atoms with van der Waals surface area (Å²) in [4.78, 5) is 17.1. The Hall–Kier alpha value is -3.35. The topological polar surface area (TPSA) is 93.5 Å². The van der Waals surface area contributed by atoms with E-state index in [1.54, 1.807) is 18.2 Å². The lowest BCUT2D eigenvalue weighted by atomic mass is 10.1. The number of nitrogens with one attached hydrogen (secondary N) is 1. The highest BCUT2D eigenvalue weighted by Crippen LogP contribution is 2.32. The number of nitrogens with two attached hydrogens (primary N) is 1. The third kappa shape index (κ3) is 3.87. The molecule has 0 saturated carbocycles. The molecule has 0 saturated heterocycles. The number of hydrazone groups is 1. The quantitative estimate of drug-likeness (QED) is 0.326. The highest BCUT2D eigenvalue weighted by Gasteiger charge is 2.21. The molecule has 150 valence electrons. The fraction of sp³-hybridized carbons (Fsp3) is 0.0455. The van der Waals surface area contributed by atoms with Gasteiger partial charge in [-0.05, 0) is 30.7 Å². The third-order valence-electron chi connectivity index (χ3n) is 4.50. The van der Waals surface area contributed by atoms with Crippen molar-refractivity contribution >= 4 is 52.1 Å². The molecule has 2 aromatic carbocycles. The number of aromatic nitrogens is 1. The second-order valence-electron chi connectivity index (χ2n) is 6.58. The molecule has 0 bridgehead atoms. The molecular weight excluding hydrogens is 423 g/mol. The Kier molecular flexibility index (Phi) is 5.44. The van der Waals surface area contributed by atoms with Gasteiger partial charge in [-0.1, -0.05) is 59.6 Å². The highest BCUT2D eigenvalue weighted by atomic mass is 35.5. The van der Waals surface area contributed by atoms with Crippen LogP contribution in [0.3, 0.4) is 0 Å². The summed E-state index contributed by atoms with van der Waals surface area (Å²) in [6.07, 6.45) is 1.41. The number of hydrogen-bond donors (Lipinski definition) is 2. The minimum atomic E-state index is -0.590. The van der Waals surface area contributed by atoms with Gasteiger partial charge in [0, 0.05) is 16.1 Å². The van der Waals surface area contributed by atoms with Gasteiger partial charge in [0.15, 0.2) is 0 Å². The number of nitrogen functional groups attached to an aromatic ring is 1. The molecule has 0 aliphatic carbocycles. The van der Waals surface area contributed by atoms with Crippen molar-refractivity contribution in [2.75, 3.05) is 5.73 Å². The highest BCUT2D eigenvalue weighted by molar-refractivity contribution is 6.36. The SMILES string of the molecule is Cc1cc(-c2ccccc2)nc2oc(C(=O)N/N=C\c3ccc(Cl)cc3Cl)c(N)c12. The molecule has 0 aliphatic rings. The number of anilines is 1. The first-order chi connectivity index (χ1) is 14.4. The second-order valence-corrected chi connectivity index (χ2v) is 7.42. The number of benzene rings is 2. The zero-order valence-corrected chi connectivity index (χ0v) is 17.3. The summed E-state index contributed by atoms with van der Waals surface area (Å²) in [5.74, 6) is -0.641. The van der Waals surface area contributed by atoms with Crippen LogP contribution < -0.4 is 11.2 Å². The van der Waals surface area contributed by atoms with Crippen molar-refractivity contribution in [3.8, 4) is 11.3 Å². The summed E-state index contributed by atoms with van der Waals surface area (Å²) in [5, 5.41) is 5.44. The molecule has 6 nitrogen and oxygen atoms in total. The molecular formula is C22H16Cl2N4O2. The predicted octanol–water partition coefficient (Wildman–Crippen LogP) is 5.46. The van der Waals surface area contributed by atoms with Crippen LogP contribution in [-0.4, -0.2) is 17.1 Å². The van der Waals surface area contributed by atoms with Gasteiger partial charge in [0.2, 0.25) is 11.5 Å². The van der Waals surface area contributed by atoms with Crippen LogP contribution in [-0.2, 0) is 0 Å². The zero-order valence-electron chi connectivity index (χ0n) is 15.8. The minimum Gasteiger partial charge on any atom is -0.430 e. The van der Waals surface area contributed by atoms with Gasteiger partial charge in [-0.2, -0.15) is 5.10 Å². The summed E-state index contributed by atoms with van der Waals surface area (Å²) >= 11 is 12.0. The maximum absolute atomic E-state index is 12.6. The minimum absolute atomic E-state index is 0.0508. The predicted molar refractivity (Wildman–Crippen MR) is 120 cm³/mol. The number of nitrogens with zero attached hydrogens (tertiary/aromatic N) is 2. The summed E-state index contributed by atoms with van der Waals surface area (Å²) in [6.45, 7) is 1.89. The molecule has 2 aromatic heterocycles. The van der Waals surface area contributed by atoms with Crippen molar-refractivity contribution in [3.63, 3.8) is 0 Å². The molecule has 0 atom stereocenters. The molecule has 3 N–H and O–H groups in total. The van der Waals surface area contributed by atoms with Crippen molar-refractivity contribution in [1.82, 2.24) is 10.4 Å². The van der Waals surface area contributed by atoms with Gasteiger partial charge in [-0.25, -0.2) is 10.4 Å². The second kappa shape index (κ2) is 8.18. The number of carbonyl (C=O) groups excluding carboxylic acids is 1. The van der Waals surface area contributed by atoms with Gasteiger partial charge in [0.1, 0.15) is 0 Å². The molecule has 0 fully saturated rings. The van der Waals surface area contributed by atoms with E-state index in [-0.39, 0.29) is 11.4 Å². The first kappa shape index (κ1) is 19.9. The Morgan fingerprint density at radius 2 is 1.93 bits per heavy atom. The van der Waals surface area contributed by atoms with Crippen LogP contribution in [0.1, 0.15) is 21.7 Å². The van der Waals surface area contributed by atoms with Crippen molar-refractivity contribution in [1.29, 1.82) is 0 Å². The van der Waals surface area contributed by atoms with E-state index >= 15 is 0 Å². The van der Waals surface area contributed by atoms with E-state index in [0.717, 1.165) is 16.8 Å². The Morgan fingerprint density at radius 3 is 2.67 bits per heavy atom. The standard InChI is InChI=1S/C22H16Cl2N4O2/c1-12-9-17(13-5-3-2-4-6-13)27-22-18(12)19(25)20(30-22)21(29)28-26-11-14-7-8-15(23)10-16(14)24/h2-11H,25H2,1H3,(H,28,29)/b26-11-. The lowest BCUT2D eigenvalue weighted by Gasteiger charge is -2.03. The average Bonchev–Trinajstić information content (AvgIpc) is 3.07. The number of fused-ring (bicyclic) bond motifs is 1. The normalized spacial score (nSPS) is 11.3. The Balaban J connectivity index is 1.62. The largest absolute Gasteiger partial charge is 0.430 e. The fourth-order valence-corrected chi connectivity index (χ4v) is 3.51. The van der Waals surface area contributed by atoms with E-state index in [2.05, 4.69) is 15.5 Å². The lowest BCUT2D eigenvalue weighted by Crippen LogP contribution is -2.18. The van der Waals surface area contributed by atoms with Crippen molar-refractivity contribution in [2.45, 2.75) is 6.92 Å². The first-order valence-electron chi connectivity index (χ1n) is 8.97. The molecule has 0 unspecified atom stereocenters. The van der Waals surface area contributed by atoms with Gasteiger partial charge < -0.3 is 10.2 Å². The molecule has 0 spiro atoms. The maximum atomic E-state index is 12.6. The number of amides is 1. The van der Waals surface area contributed by atoms with Crippen molar-refractivity contribution < 1.29 is 9.21 Å². The van der Waals surface area contributed by atoms with Gasteiger partial charge in [0.05, 0.1) is 28.0 Å². The van der Waals surface area contributed by atoms with E-state index in [1.807, 2.05) is 43.3 Å². The van der Waals surface area contributed by atoms with Crippen molar-refractivity contribution in [2.24, 2.45) is 5.10 Å². The number of aryl methyl sites for hydroxylation is 1. The molecule has 2 heterocycles. The lowest BCUT2D eigenvalue weighted by molar-refractivity contribution is 0.0930. The van der Waals surface area contributed by atoms with E-state index in [9.17, 15) is 4.79 Å². The number of pyridine rings is 1. The average molecular weight is 439 g/mol. The Bertz CT molecular complexity index is 1280. The van der Waals surface area contributed by atoms with Crippen LogP contribution in [0.5, 0.6) is 0 Å². The summed E-state index contributed by atoms with van der Waals surface area (Å²) in [7, 11) is 0. The molecule has 1 amide bonds. The number of furan rings is 1. The van der Waals surface area contributed by atoms with Gasteiger partial charge in [-0.15, -0.1) is 0 Å². The van der Waals surface area contributed by atoms with Crippen LogP contribution in [0.25, 0.3) is 22.4 Å². The molecule has 4 rings (SSSR count). The summed E-state index contributed by atoms with van der Waals surface area (Å²) < 4.78 is 5.68. The molecule has 0 radical (unpaired) electrons. The molecule has 30 heavy (non-hydrogen) atoms. The van der Waals surface area contributed by atoms with Crippen LogP contribution >= 0.6 is 23.2 Å². The number of carbonyl (C=O) groups is 1. The monoisotopic (exact) mass is 438 g/mol. The fourth-order valence-electron chi connectivity index (χ4n) is 3.05. The van der Waals surface area contributed by atoms with E-state index in [4.69, 9.17) is 33.4 Å². The van der Waals surface area contributed by atoms with Crippen LogP contribution in [0.2, 0.25) is 10.0 Å². The molecule has 8 heteroatoms. The van der Waals surface area contributed by atoms with Crippen LogP contribution in [0.4, 0.5) is 5.69 Å². The Morgan fingerprint density at radius 1 is 1.17 bits per heavy atom. The van der Waals surface area contributed by atoms with E-state index in [1.165, 1.54) is 6.21 Å². The smallest absolute Gasteiger partial charge is 0.309 e. The number of rotatable bonds is 4. The van der Waals surface area contributed by atoms with Crippen molar-refractivity contribution in [3.05, 3.63) is 81.5 Å². The summed E-state index contributed by atoms with van der Waals surface area (Å²) in [5.41, 5.74) is 12.2. The van der Waals surface area contributed by atoms with Gasteiger partial charge in [0.25, 0.3) is 0 Å². The molecule has 0 aliphatic heterocycles. The maximum Gasteiger partial charge on any atom is 0.309 e. The Labute approximate surface area is 182 Å². The number of hydrogen-bond acceptors (Lipinski definition) is 5. The van der Waals surface area contributed by atoms with E-state index in [0.29, 0.717) is 26.7 Å². The van der Waals surface area contributed by atoms with Gasteiger partial charge >= 0.3 is 5.91 Å². The van der Waals surface area contributed by atoms with Crippen LogP contribution in [0.15, 0.2) is 64.1 Å². The van der Waals surface area contributed by atoms with E-state index < -0.39 is 5.91 Å².